The third kappa shape index (κ3) is 2.24. The average molecular weight is 193 g/mol. The number of likely N-dealkylation sites (tertiary alicyclic amines) is 1. The van der Waals surface area contributed by atoms with Crippen LogP contribution in [-0.4, -0.2) is 36.0 Å². The van der Waals surface area contributed by atoms with Crippen LogP contribution >= 0.6 is 0 Å². The number of hydrogen-bond acceptors (Lipinski definition) is 3. The Morgan fingerprint density at radius 1 is 1.50 bits per heavy atom. The standard InChI is InChI=1S/C10H15N3O/c11-6-9-2-1-5-13(9)7-10(14)12-8-3-4-8/h8-9H,1-5,7H2,(H,12,14). The smallest absolute Gasteiger partial charge is 0.234 e. The Morgan fingerprint density at radius 3 is 2.93 bits per heavy atom. The van der Waals surface area contributed by atoms with Crippen molar-refractivity contribution in [3.05, 3.63) is 0 Å². The Hall–Kier alpha value is -1.08. The van der Waals surface area contributed by atoms with Gasteiger partial charge in [-0.3, -0.25) is 9.69 Å². The van der Waals surface area contributed by atoms with Gasteiger partial charge in [0.1, 0.15) is 0 Å². The largest absolute Gasteiger partial charge is 0.352 e. The second-order valence-corrected chi connectivity index (χ2v) is 4.10. The first kappa shape index (κ1) is 9.47. The Balaban J connectivity index is 1.77. The van der Waals surface area contributed by atoms with E-state index in [9.17, 15) is 4.79 Å². The molecule has 1 N–H and O–H groups in total. The highest BCUT2D eigenvalue weighted by molar-refractivity contribution is 5.78. The van der Waals surface area contributed by atoms with Crippen LogP contribution in [0.3, 0.4) is 0 Å². The van der Waals surface area contributed by atoms with Gasteiger partial charge in [-0.05, 0) is 25.7 Å². The SMILES string of the molecule is N#CC1CCCN1CC(=O)NC1CC1. The van der Waals surface area contributed by atoms with Crippen LogP contribution in [0.2, 0.25) is 0 Å². The highest BCUT2D eigenvalue weighted by atomic mass is 16.2. The lowest BCUT2D eigenvalue weighted by Gasteiger charge is -2.17. The molecule has 76 valence electrons. The zero-order chi connectivity index (χ0) is 9.97. The van der Waals surface area contributed by atoms with Gasteiger partial charge in [-0.15, -0.1) is 0 Å². The maximum atomic E-state index is 11.4. The van der Waals surface area contributed by atoms with E-state index in [0.29, 0.717) is 12.6 Å². The van der Waals surface area contributed by atoms with E-state index in [4.69, 9.17) is 5.26 Å². The minimum atomic E-state index is -0.0417. The average Bonchev–Trinajstić information content (AvgIpc) is 2.84. The monoisotopic (exact) mass is 193 g/mol. The molecule has 1 saturated heterocycles. The number of nitrogens with zero attached hydrogens (tertiary/aromatic N) is 2. The Labute approximate surface area is 83.9 Å². The summed E-state index contributed by atoms with van der Waals surface area (Å²) in [7, 11) is 0. The topological polar surface area (TPSA) is 56.1 Å². The van der Waals surface area contributed by atoms with Crippen LogP contribution < -0.4 is 5.32 Å². The molecular formula is C10H15N3O. The van der Waals surface area contributed by atoms with Gasteiger partial charge in [0, 0.05) is 12.6 Å². The molecule has 1 aliphatic carbocycles. The van der Waals surface area contributed by atoms with Gasteiger partial charge < -0.3 is 5.32 Å². The van der Waals surface area contributed by atoms with Crippen molar-refractivity contribution in [3.63, 3.8) is 0 Å². The molecule has 0 aromatic heterocycles. The molecule has 0 aromatic rings. The van der Waals surface area contributed by atoms with E-state index in [2.05, 4.69) is 11.4 Å². The van der Waals surface area contributed by atoms with Gasteiger partial charge in [0.15, 0.2) is 0 Å². The normalized spacial score (nSPS) is 27.2. The van der Waals surface area contributed by atoms with Crippen molar-refractivity contribution in [2.45, 2.75) is 37.8 Å². The molecule has 14 heavy (non-hydrogen) atoms. The number of nitrogens with one attached hydrogen (secondary N) is 1. The molecule has 0 bridgehead atoms. The Kier molecular flexibility index (Phi) is 2.69. The van der Waals surface area contributed by atoms with Crippen LogP contribution in [0.15, 0.2) is 0 Å². The zero-order valence-corrected chi connectivity index (χ0v) is 8.20. The van der Waals surface area contributed by atoms with Crippen molar-refractivity contribution < 1.29 is 4.79 Å². The summed E-state index contributed by atoms with van der Waals surface area (Å²) in [5.41, 5.74) is 0. The lowest BCUT2D eigenvalue weighted by molar-refractivity contribution is -0.122. The van der Waals surface area contributed by atoms with Crippen molar-refractivity contribution in [1.82, 2.24) is 10.2 Å². The summed E-state index contributed by atoms with van der Waals surface area (Å²) >= 11 is 0. The van der Waals surface area contributed by atoms with Crippen molar-refractivity contribution in [2.75, 3.05) is 13.1 Å². The van der Waals surface area contributed by atoms with Crippen LogP contribution in [-0.2, 0) is 4.79 Å². The highest BCUT2D eigenvalue weighted by Crippen LogP contribution is 2.19. The fourth-order valence-electron chi connectivity index (χ4n) is 1.85. The van der Waals surface area contributed by atoms with E-state index < -0.39 is 0 Å². The summed E-state index contributed by atoms with van der Waals surface area (Å²) in [6, 6.07) is 2.61. The van der Waals surface area contributed by atoms with Crippen molar-refractivity contribution in [2.24, 2.45) is 0 Å². The lowest BCUT2D eigenvalue weighted by atomic mass is 10.2. The maximum absolute atomic E-state index is 11.4. The predicted octanol–water partition coefficient (Wildman–Crippen LogP) is 0.253. The Morgan fingerprint density at radius 2 is 2.29 bits per heavy atom. The van der Waals surface area contributed by atoms with E-state index in [1.165, 1.54) is 0 Å². The quantitative estimate of drug-likeness (QED) is 0.699. The number of hydrogen-bond donors (Lipinski definition) is 1. The van der Waals surface area contributed by atoms with Gasteiger partial charge in [0.05, 0.1) is 18.7 Å². The second kappa shape index (κ2) is 3.97. The number of carbonyl (C=O) groups excluding carboxylic acids is 1. The van der Waals surface area contributed by atoms with E-state index in [1.807, 2.05) is 4.90 Å². The molecule has 4 nitrogen and oxygen atoms in total. The van der Waals surface area contributed by atoms with Crippen LogP contribution in [0.1, 0.15) is 25.7 Å². The molecule has 2 rings (SSSR count). The second-order valence-electron chi connectivity index (χ2n) is 4.10. The molecule has 4 heteroatoms. The van der Waals surface area contributed by atoms with Crippen LogP contribution in [0.4, 0.5) is 0 Å². The number of nitriles is 1. The summed E-state index contributed by atoms with van der Waals surface area (Å²) < 4.78 is 0. The summed E-state index contributed by atoms with van der Waals surface area (Å²) in [6.07, 6.45) is 4.18. The molecule has 2 aliphatic rings. The van der Waals surface area contributed by atoms with Crippen molar-refractivity contribution in [1.29, 1.82) is 5.26 Å². The molecule has 1 atom stereocenters. The minimum Gasteiger partial charge on any atom is -0.352 e. The lowest BCUT2D eigenvalue weighted by Crippen LogP contribution is -2.40. The van der Waals surface area contributed by atoms with Crippen LogP contribution in [0.5, 0.6) is 0 Å². The molecule has 0 spiro atoms. The van der Waals surface area contributed by atoms with E-state index in [-0.39, 0.29) is 11.9 Å². The summed E-state index contributed by atoms with van der Waals surface area (Å²) in [6.45, 7) is 1.28. The number of carbonyl (C=O) groups is 1. The first-order valence-electron chi connectivity index (χ1n) is 5.22. The first-order chi connectivity index (χ1) is 6.79. The molecule has 0 aromatic carbocycles. The number of amides is 1. The molecule has 0 radical (unpaired) electrons. The molecular weight excluding hydrogens is 178 g/mol. The van der Waals surface area contributed by atoms with Gasteiger partial charge in [0.2, 0.25) is 5.91 Å². The van der Waals surface area contributed by atoms with Crippen LogP contribution in [0.25, 0.3) is 0 Å². The number of rotatable bonds is 3. The highest BCUT2D eigenvalue weighted by Gasteiger charge is 2.28. The Bertz CT molecular complexity index is 267. The molecule has 1 amide bonds. The van der Waals surface area contributed by atoms with E-state index >= 15 is 0 Å². The summed E-state index contributed by atoms with van der Waals surface area (Å²) in [4.78, 5) is 13.4. The first-order valence-corrected chi connectivity index (χ1v) is 5.22. The predicted molar refractivity (Wildman–Crippen MR) is 51.4 cm³/mol. The molecule has 1 heterocycles. The van der Waals surface area contributed by atoms with Gasteiger partial charge >= 0.3 is 0 Å². The van der Waals surface area contributed by atoms with Crippen LogP contribution in [0, 0.1) is 11.3 Å². The third-order valence-corrected chi connectivity index (χ3v) is 2.80. The molecule has 1 saturated carbocycles. The fourth-order valence-corrected chi connectivity index (χ4v) is 1.85. The summed E-state index contributed by atoms with van der Waals surface area (Å²) in [5.74, 6) is 0.0784. The molecule has 1 unspecified atom stereocenters. The molecule has 2 fully saturated rings. The van der Waals surface area contributed by atoms with E-state index in [0.717, 1.165) is 32.2 Å². The fraction of sp³-hybridized carbons (Fsp3) is 0.800. The third-order valence-electron chi connectivity index (χ3n) is 2.80. The minimum absolute atomic E-state index is 0.0417. The van der Waals surface area contributed by atoms with Crippen molar-refractivity contribution >= 4 is 5.91 Å². The maximum Gasteiger partial charge on any atom is 0.234 e. The summed E-state index contributed by atoms with van der Waals surface area (Å²) in [5, 5.41) is 11.8. The van der Waals surface area contributed by atoms with Crippen molar-refractivity contribution in [3.8, 4) is 6.07 Å². The van der Waals surface area contributed by atoms with E-state index in [1.54, 1.807) is 0 Å². The van der Waals surface area contributed by atoms with Gasteiger partial charge in [-0.1, -0.05) is 0 Å². The zero-order valence-electron chi connectivity index (χ0n) is 8.20. The van der Waals surface area contributed by atoms with Gasteiger partial charge in [-0.2, -0.15) is 5.26 Å². The molecule has 1 aliphatic heterocycles. The van der Waals surface area contributed by atoms with Gasteiger partial charge in [0.25, 0.3) is 0 Å². The van der Waals surface area contributed by atoms with Gasteiger partial charge in [-0.25, -0.2) is 0 Å².